The molecule has 1 aliphatic rings. The molecule has 1 amide bonds. The van der Waals surface area contributed by atoms with Crippen molar-refractivity contribution < 1.29 is 14.7 Å². The first kappa shape index (κ1) is 12.5. The molecule has 18 heavy (non-hydrogen) atoms. The Kier molecular flexibility index (Phi) is 3.32. The molecular formula is C13H16N2O3. The highest BCUT2D eigenvalue weighted by atomic mass is 16.4. The smallest absolute Gasteiger partial charge is 0.337 e. The summed E-state index contributed by atoms with van der Waals surface area (Å²) in [6.07, 6.45) is 3.86. The van der Waals surface area contributed by atoms with E-state index < -0.39 is 5.97 Å². The molecule has 1 aromatic heterocycles. The summed E-state index contributed by atoms with van der Waals surface area (Å²) in [4.78, 5) is 26.7. The van der Waals surface area contributed by atoms with E-state index in [1.165, 1.54) is 6.07 Å². The van der Waals surface area contributed by atoms with Gasteiger partial charge in [0.1, 0.15) is 0 Å². The molecule has 0 spiro atoms. The number of pyridine rings is 1. The van der Waals surface area contributed by atoms with Crippen molar-refractivity contribution in [3.05, 3.63) is 29.6 Å². The van der Waals surface area contributed by atoms with Crippen LogP contribution in [-0.2, 0) is 11.2 Å². The van der Waals surface area contributed by atoms with Crippen molar-refractivity contribution in [2.45, 2.75) is 26.2 Å². The molecule has 5 nitrogen and oxygen atoms in total. The maximum atomic E-state index is 11.7. The fraction of sp³-hybridized carbons (Fsp3) is 0.462. The summed E-state index contributed by atoms with van der Waals surface area (Å²) in [5, 5.41) is 11.8. The third kappa shape index (κ3) is 2.67. The number of hydrogen-bond donors (Lipinski definition) is 2. The number of carbonyl (C=O) groups is 2. The van der Waals surface area contributed by atoms with E-state index in [1.54, 1.807) is 12.3 Å². The number of aromatic nitrogens is 1. The zero-order chi connectivity index (χ0) is 13.2. The van der Waals surface area contributed by atoms with E-state index in [0.717, 1.165) is 12.8 Å². The van der Waals surface area contributed by atoms with Gasteiger partial charge in [-0.15, -0.1) is 0 Å². The topological polar surface area (TPSA) is 79.3 Å². The van der Waals surface area contributed by atoms with Crippen LogP contribution < -0.4 is 5.32 Å². The first-order chi connectivity index (χ1) is 8.53. The van der Waals surface area contributed by atoms with Crippen LogP contribution in [0.4, 0.5) is 0 Å². The fourth-order valence-electron chi connectivity index (χ4n) is 1.75. The van der Waals surface area contributed by atoms with Crippen LogP contribution in [0.2, 0.25) is 0 Å². The summed E-state index contributed by atoms with van der Waals surface area (Å²) >= 11 is 0. The molecule has 0 aromatic carbocycles. The predicted molar refractivity (Wildman–Crippen MR) is 65.3 cm³/mol. The van der Waals surface area contributed by atoms with E-state index in [1.807, 2.05) is 6.92 Å². The second-order valence-corrected chi connectivity index (χ2v) is 4.87. The lowest BCUT2D eigenvalue weighted by Crippen LogP contribution is -2.32. The van der Waals surface area contributed by atoms with Crippen LogP contribution in [0.15, 0.2) is 18.3 Å². The number of carboxylic acids is 1. The third-order valence-electron chi connectivity index (χ3n) is 3.32. The van der Waals surface area contributed by atoms with Gasteiger partial charge in [-0.3, -0.25) is 9.78 Å². The molecule has 0 aliphatic heterocycles. The summed E-state index contributed by atoms with van der Waals surface area (Å²) in [6, 6.07) is 3.12. The molecule has 1 aromatic rings. The zero-order valence-electron chi connectivity index (χ0n) is 10.3. The summed E-state index contributed by atoms with van der Waals surface area (Å²) < 4.78 is 0. The normalized spacial score (nSPS) is 16.1. The third-order valence-corrected chi connectivity index (χ3v) is 3.32. The van der Waals surface area contributed by atoms with Crippen molar-refractivity contribution >= 4 is 11.9 Å². The minimum Gasteiger partial charge on any atom is -0.478 e. The molecular weight excluding hydrogens is 232 g/mol. The molecule has 2 rings (SSSR count). The highest BCUT2D eigenvalue weighted by molar-refractivity contribution is 5.88. The van der Waals surface area contributed by atoms with Crippen LogP contribution in [0.5, 0.6) is 0 Å². The van der Waals surface area contributed by atoms with Gasteiger partial charge in [0.15, 0.2) is 0 Å². The van der Waals surface area contributed by atoms with E-state index >= 15 is 0 Å². The van der Waals surface area contributed by atoms with Crippen molar-refractivity contribution in [2.24, 2.45) is 5.41 Å². The molecule has 5 heteroatoms. The van der Waals surface area contributed by atoms with Crippen LogP contribution in [-0.4, -0.2) is 28.5 Å². The first-order valence-corrected chi connectivity index (χ1v) is 5.98. The van der Waals surface area contributed by atoms with Crippen molar-refractivity contribution in [3.63, 3.8) is 0 Å². The maximum absolute atomic E-state index is 11.7. The molecule has 0 bridgehead atoms. The Morgan fingerprint density at radius 2 is 2.22 bits per heavy atom. The molecule has 0 atom stereocenters. The highest BCUT2D eigenvalue weighted by Gasteiger charge is 2.44. The lowest BCUT2D eigenvalue weighted by molar-refractivity contribution is -0.125. The molecule has 1 saturated carbocycles. The van der Waals surface area contributed by atoms with Crippen LogP contribution in [0.25, 0.3) is 0 Å². The molecule has 0 unspecified atom stereocenters. The Labute approximate surface area is 105 Å². The standard InChI is InChI=1S/C13H16N2O3/c1-13(5-6-13)12(18)15-8-4-10-9(11(16)17)3-2-7-14-10/h2-3,7H,4-6,8H2,1H3,(H,15,18)(H,16,17). The average Bonchev–Trinajstić information content (AvgIpc) is 3.09. The number of carbonyl (C=O) groups excluding carboxylic acids is 1. The fourth-order valence-corrected chi connectivity index (χ4v) is 1.75. The summed E-state index contributed by atoms with van der Waals surface area (Å²) in [5.74, 6) is -0.936. The Morgan fingerprint density at radius 1 is 1.50 bits per heavy atom. The van der Waals surface area contributed by atoms with Gasteiger partial charge in [-0.2, -0.15) is 0 Å². The number of amides is 1. The van der Waals surface area contributed by atoms with E-state index in [0.29, 0.717) is 18.7 Å². The lowest BCUT2D eigenvalue weighted by atomic mass is 10.1. The van der Waals surface area contributed by atoms with Crippen molar-refractivity contribution in [1.29, 1.82) is 0 Å². The Hall–Kier alpha value is -1.91. The zero-order valence-corrected chi connectivity index (χ0v) is 10.3. The summed E-state index contributed by atoms with van der Waals surface area (Å²) in [6.45, 7) is 2.36. The second kappa shape index (κ2) is 4.76. The summed E-state index contributed by atoms with van der Waals surface area (Å²) in [5.41, 5.74) is 0.510. The molecule has 1 aliphatic carbocycles. The van der Waals surface area contributed by atoms with Gasteiger partial charge in [-0.25, -0.2) is 4.79 Å². The van der Waals surface area contributed by atoms with Gasteiger partial charge in [0, 0.05) is 24.6 Å². The minimum absolute atomic E-state index is 0.0512. The van der Waals surface area contributed by atoms with Gasteiger partial charge in [0.05, 0.1) is 11.3 Å². The van der Waals surface area contributed by atoms with Gasteiger partial charge in [0.2, 0.25) is 5.91 Å². The van der Waals surface area contributed by atoms with Gasteiger partial charge >= 0.3 is 5.97 Å². The Bertz CT molecular complexity index is 481. The molecule has 0 radical (unpaired) electrons. The van der Waals surface area contributed by atoms with E-state index in [2.05, 4.69) is 10.3 Å². The van der Waals surface area contributed by atoms with Crippen LogP contribution >= 0.6 is 0 Å². The van der Waals surface area contributed by atoms with Gasteiger partial charge < -0.3 is 10.4 Å². The average molecular weight is 248 g/mol. The molecule has 0 saturated heterocycles. The van der Waals surface area contributed by atoms with Gasteiger partial charge in [0.25, 0.3) is 0 Å². The lowest BCUT2D eigenvalue weighted by Gasteiger charge is -2.10. The SMILES string of the molecule is CC1(C(=O)NCCc2ncccc2C(=O)O)CC1. The maximum Gasteiger partial charge on any atom is 0.337 e. The number of aromatic carboxylic acids is 1. The highest BCUT2D eigenvalue weighted by Crippen LogP contribution is 2.44. The Morgan fingerprint density at radius 3 is 2.83 bits per heavy atom. The van der Waals surface area contributed by atoms with Gasteiger partial charge in [-0.1, -0.05) is 6.92 Å². The number of hydrogen-bond acceptors (Lipinski definition) is 3. The second-order valence-electron chi connectivity index (χ2n) is 4.87. The molecule has 1 fully saturated rings. The monoisotopic (exact) mass is 248 g/mol. The van der Waals surface area contributed by atoms with Crippen molar-refractivity contribution in [2.75, 3.05) is 6.54 Å². The minimum atomic E-state index is -0.987. The number of nitrogens with one attached hydrogen (secondary N) is 1. The van der Waals surface area contributed by atoms with Crippen molar-refractivity contribution in [3.8, 4) is 0 Å². The van der Waals surface area contributed by atoms with Crippen LogP contribution in [0, 0.1) is 5.41 Å². The molecule has 1 heterocycles. The summed E-state index contributed by atoms with van der Waals surface area (Å²) in [7, 11) is 0. The molecule has 2 N–H and O–H groups in total. The van der Waals surface area contributed by atoms with E-state index in [-0.39, 0.29) is 16.9 Å². The number of nitrogens with zero attached hydrogens (tertiary/aromatic N) is 1. The largest absolute Gasteiger partial charge is 0.478 e. The number of rotatable bonds is 5. The van der Waals surface area contributed by atoms with Crippen LogP contribution in [0.3, 0.4) is 0 Å². The van der Waals surface area contributed by atoms with E-state index in [9.17, 15) is 9.59 Å². The van der Waals surface area contributed by atoms with E-state index in [4.69, 9.17) is 5.11 Å². The predicted octanol–water partition coefficient (Wildman–Crippen LogP) is 1.24. The quantitative estimate of drug-likeness (QED) is 0.821. The van der Waals surface area contributed by atoms with Crippen LogP contribution in [0.1, 0.15) is 35.8 Å². The Balaban J connectivity index is 1.90. The van der Waals surface area contributed by atoms with Crippen molar-refractivity contribution in [1.82, 2.24) is 10.3 Å². The first-order valence-electron chi connectivity index (χ1n) is 5.98. The number of carboxylic acid groups (broad SMARTS) is 1. The molecule has 96 valence electrons. The van der Waals surface area contributed by atoms with Gasteiger partial charge in [-0.05, 0) is 25.0 Å².